The third-order valence-electron chi connectivity index (χ3n) is 4.66. The third-order valence-corrected chi connectivity index (χ3v) is 7.27. The lowest BCUT2D eigenvalue weighted by Gasteiger charge is -2.14. The highest BCUT2D eigenvalue weighted by atomic mass is 32.2. The number of furan rings is 1. The Bertz CT molecular complexity index is 1290. The predicted molar refractivity (Wildman–Crippen MR) is 120 cm³/mol. The van der Waals surface area contributed by atoms with Gasteiger partial charge in [0, 0.05) is 0 Å². The predicted octanol–water partition coefficient (Wildman–Crippen LogP) is 3.85. The minimum atomic E-state index is -3.79. The Kier molecular flexibility index (Phi) is 5.90. The van der Waals surface area contributed by atoms with Crippen molar-refractivity contribution in [3.8, 4) is 10.8 Å². The molecule has 0 aliphatic rings. The Morgan fingerprint density at radius 1 is 1.10 bits per heavy atom. The summed E-state index contributed by atoms with van der Waals surface area (Å²) in [6.07, 6.45) is 0. The van der Waals surface area contributed by atoms with Crippen molar-refractivity contribution in [2.24, 2.45) is 0 Å². The Labute approximate surface area is 184 Å². The Morgan fingerprint density at radius 3 is 2.58 bits per heavy atom. The molecule has 4 aromatic rings. The first-order valence-corrected chi connectivity index (χ1v) is 11.9. The van der Waals surface area contributed by atoms with Gasteiger partial charge in [0.1, 0.15) is 5.76 Å². The van der Waals surface area contributed by atoms with Crippen molar-refractivity contribution in [2.45, 2.75) is 31.3 Å². The molecule has 1 amide bonds. The van der Waals surface area contributed by atoms with E-state index in [0.29, 0.717) is 11.5 Å². The van der Waals surface area contributed by atoms with Crippen LogP contribution in [0.25, 0.3) is 21.0 Å². The molecule has 0 spiro atoms. The van der Waals surface area contributed by atoms with Gasteiger partial charge in [-0.1, -0.05) is 29.8 Å². The van der Waals surface area contributed by atoms with Crippen molar-refractivity contribution in [2.75, 3.05) is 0 Å². The first-order valence-electron chi connectivity index (χ1n) is 9.63. The third kappa shape index (κ3) is 4.84. The molecule has 31 heavy (non-hydrogen) atoms. The molecule has 0 saturated heterocycles. The van der Waals surface area contributed by atoms with Crippen molar-refractivity contribution < 1.29 is 17.6 Å². The zero-order valence-electron chi connectivity index (χ0n) is 17.0. The average molecular weight is 456 g/mol. The number of nitrogens with one attached hydrogen (secondary N) is 2. The first kappa shape index (κ1) is 21.2. The molecular weight excluding hydrogens is 434 g/mol. The monoisotopic (exact) mass is 455 g/mol. The molecule has 0 radical (unpaired) electrons. The topological polar surface area (TPSA) is 101 Å². The van der Waals surface area contributed by atoms with E-state index in [0.717, 1.165) is 20.8 Å². The fourth-order valence-corrected chi connectivity index (χ4v) is 5.09. The van der Waals surface area contributed by atoms with Gasteiger partial charge in [0.15, 0.2) is 10.8 Å². The summed E-state index contributed by atoms with van der Waals surface area (Å²) in [5.74, 6) is 0.725. The number of aromatic nitrogens is 1. The molecule has 7 nitrogen and oxygen atoms in total. The smallest absolute Gasteiger partial charge is 0.241 e. The van der Waals surface area contributed by atoms with Gasteiger partial charge in [-0.25, -0.2) is 13.4 Å². The highest BCUT2D eigenvalue weighted by molar-refractivity contribution is 7.89. The van der Waals surface area contributed by atoms with E-state index in [2.05, 4.69) is 15.0 Å². The van der Waals surface area contributed by atoms with Crippen LogP contribution in [0.5, 0.6) is 0 Å². The molecule has 2 heterocycles. The largest absolute Gasteiger partial charge is 0.457 e. The number of fused-ring (bicyclic) bond motifs is 1. The summed E-state index contributed by atoms with van der Waals surface area (Å²) in [5, 5.41) is 3.46. The second-order valence-electron chi connectivity index (χ2n) is 7.13. The zero-order chi connectivity index (χ0) is 22.0. The molecule has 0 saturated carbocycles. The Hall–Kier alpha value is -3.01. The minimum absolute atomic E-state index is 0.115. The fourth-order valence-electron chi connectivity index (χ4n) is 2.96. The van der Waals surface area contributed by atoms with E-state index in [1.54, 1.807) is 18.2 Å². The fraction of sp³-hybridized carbons (Fsp3) is 0.182. The highest BCUT2D eigenvalue weighted by Gasteiger charge is 2.22. The molecule has 1 atom stereocenters. The maximum absolute atomic E-state index is 12.5. The summed E-state index contributed by atoms with van der Waals surface area (Å²) in [6, 6.07) is 16.9. The maximum atomic E-state index is 12.5. The molecule has 0 aliphatic heterocycles. The molecule has 2 aromatic carbocycles. The quantitative estimate of drug-likeness (QED) is 0.441. The molecule has 2 N–H and O–H groups in total. The summed E-state index contributed by atoms with van der Waals surface area (Å²) < 4.78 is 34.2. The molecule has 9 heteroatoms. The molecular formula is C22H21N3O4S2. The lowest BCUT2D eigenvalue weighted by atomic mass is 10.2. The van der Waals surface area contributed by atoms with Crippen molar-refractivity contribution in [3.05, 3.63) is 72.0 Å². The number of carbonyl (C=O) groups excluding carboxylic acids is 1. The van der Waals surface area contributed by atoms with Gasteiger partial charge in [-0.3, -0.25) is 4.79 Å². The van der Waals surface area contributed by atoms with Crippen LogP contribution < -0.4 is 10.0 Å². The molecule has 2 aromatic heterocycles. The van der Waals surface area contributed by atoms with Crippen molar-refractivity contribution in [3.63, 3.8) is 0 Å². The minimum Gasteiger partial charge on any atom is -0.457 e. The lowest BCUT2D eigenvalue weighted by Crippen LogP contribution is -2.44. The number of rotatable bonds is 7. The Morgan fingerprint density at radius 2 is 1.84 bits per heavy atom. The second-order valence-corrected chi connectivity index (χ2v) is 9.87. The number of aryl methyl sites for hydroxylation is 1. The SMILES string of the molecule is Cc1ccc(S(=O)(=O)NC(C)C(=O)NCc2ccc(-c3nc4ccccc4s3)o2)cc1. The highest BCUT2D eigenvalue weighted by Crippen LogP contribution is 2.31. The molecule has 0 aliphatic carbocycles. The van der Waals surface area contributed by atoms with E-state index in [9.17, 15) is 13.2 Å². The van der Waals surface area contributed by atoms with Crippen molar-refractivity contribution in [1.29, 1.82) is 0 Å². The number of hydrogen-bond acceptors (Lipinski definition) is 6. The van der Waals surface area contributed by atoms with E-state index in [1.807, 2.05) is 37.3 Å². The van der Waals surface area contributed by atoms with Gasteiger partial charge >= 0.3 is 0 Å². The summed E-state index contributed by atoms with van der Waals surface area (Å²) in [4.78, 5) is 17.1. The van der Waals surface area contributed by atoms with E-state index in [1.165, 1.54) is 30.4 Å². The van der Waals surface area contributed by atoms with Crippen LogP contribution in [0.1, 0.15) is 18.2 Å². The molecule has 160 valence electrons. The van der Waals surface area contributed by atoms with Crippen LogP contribution in [-0.2, 0) is 21.4 Å². The summed E-state index contributed by atoms with van der Waals surface area (Å²) in [6.45, 7) is 3.51. The number of hydrogen-bond donors (Lipinski definition) is 2. The molecule has 1 unspecified atom stereocenters. The van der Waals surface area contributed by atoms with Gasteiger partial charge in [0.25, 0.3) is 0 Å². The van der Waals surface area contributed by atoms with Crippen molar-refractivity contribution in [1.82, 2.24) is 15.0 Å². The summed E-state index contributed by atoms with van der Waals surface area (Å²) >= 11 is 1.53. The number of nitrogens with zero attached hydrogens (tertiary/aromatic N) is 1. The van der Waals surface area contributed by atoms with Crippen LogP contribution in [0.3, 0.4) is 0 Å². The summed E-state index contributed by atoms with van der Waals surface area (Å²) in [5.41, 5.74) is 1.86. The maximum Gasteiger partial charge on any atom is 0.241 e. The van der Waals surface area contributed by atoms with Gasteiger partial charge in [0.2, 0.25) is 15.9 Å². The standard InChI is InChI=1S/C22H21N3O4S2/c1-14-7-10-17(11-8-14)31(27,28)25-15(2)21(26)23-13-16-9-12-19(29-16)22-24-18-5-3-4-6-20(18)30-22/h3-12,15,25H,13H2,1-2H3,(H,23,26). The number of benzene rings is 2. The van der Waals surface area contributed by atoms with Crippen LogP contribution in [0.4, 0.5) is 0 Å². The average Bonchev–Trinajstić information content (AvgIpc) is 3.38. The van der Waals surface area contributed by atoms with Crippen LogP contribution in [0.15, 0.2) is 70.0 Å². The van der Waals surface area contributed by atoms with Gasteiger partial charge in [-0.2, -0.15) is 4.72 Å². The zero-order valence-corrected chi connectivity index (χ0v) is 18.6. The van der Waals surface area contributed by atoms with Crippen LogP contribution in [-0.4, -0.2) is 25.4 Å². The number of thiazole rings is 1. The van der Waals surface area contributed by atoms with E-state index >= 15 is 0 Å². The number of carbonyl (C=O) groups is 1. The normalized spacial score (nSPS) is 12.7. The number of para-hydroxylation sites is 1. The first-order chi connectivity index (χ1) is 14.8. The summed E-state index contributed by atoms with van der Waals surface area (Å²) in [7, 11) is -3.79. The van der Waals surface area contributed by atoms with Crippen LogP contribution >= 0.6 is 11.3 Å². The van der Waals surface area contributed by atoms with E-state index in [4.69, 9.17) is 4.42 Å². The molecule has 0 fully saturated rings. The Balaban J connectivity index is 1.37. The molecule has 4 rings (SSSR count). The van der Waals surface area contributed by atoms with Crippen LogP contribution in [0.2, 0.25) is 0 Å². The van der Waals surface area contributed by atoms with Gasteiger partial charge in [-0.05, 0) is 50.2 Å². The second kappa shape index (κ2) is 8.62. The van der Waals surface area contributed by atoms with Gasteiger partial charge in [-0.15, -0.1) is 11.3 Å². The van der Waals surface area contributed by atoms with Crippen molar-refractivity contribution >= 4 is 37.5 Å². The van der Waals surface area contributed by atoms with Gasteiger partial charge < -0.3 is 9.73 Å². The van der Waals surface area contributed by atoms with Crippen LogP contribution in [0, 0.1) is 6.92 Å². The number of amides is 1. The van der Waals surface area contributed by atoms with Gasteiger partial charge in [0.05, 0.1) is 27.7 Å². The lowest BCUT2D eigenvalue weighted by molar-refractivity contribution is -0.122. The molecule has 0 bridgehead atoms. The number of sulfonamides is 1. The van der Waals surface area contributed by atoms with E-state index < -0.39 is 22.0 Å². The van der Waals surface area contributed by atoms with E-state index in [-0.39, 0.29) is 11.4 Å².